The van der Waals surface area contributed by atoms with Gasteiger partial charge < -0.3 is 0 Å². The lowest BCUT2D eigenvalue weighted by atomic mass is 10.1. The van der Waals surface area contributed by atoms with Crippen LogP contribution >= 0.6 is 23.1 Å². The molecule has 7 heteroatoms. The zero-order valence-electron chi connectivity index (χ0n) is 17.8. The molecule has 3 aromatic rings. The number of halogens is 1. The molecule has 0 N–H and O–H groups in total. The average molecular weight is 454 g/mol. The van der Waals surface area contributed by atoms with E-state index in [1.165, 1.54) is 23.9 Å². The van der Waals surface area contributed by atoms with Crippen LogP contribution in [0.3, 0.4) is 0 Å². The Bertz CT molecular complexity index is 1090. The lowest BCUT2D eigenvalue weighted by Gasteiger charge is -2.22. The molecule has 0 spiro atoms. The maximum absolute atomic E-state index is 13.3. The predicted octanol–water partition coefficient (Wildman–Crippen LogP) is 5.99. The Balaban J connectivity index is 1.86. The Morgan fingerprint density at radius 3 is 2.68 bits per heavy atom. The first kappa shape index (κ1) is 23.0. The Morgan fingerprint density at radius 2 is 2.00 bits per heavy atom. The van der Waals surface area contributed by atoms with Crippen LogP contribution < -0.4 is 4.90 Å². The maximum Gasteiger partial charge on any atom is 0.238 e. The first-order valence-electron chi connectivity index (χ1n) is 9.99. The van der Waals surface area contributed by atoms with E-state index in [1.54, 1.807) is 40.5 Å². The molecule has 0 fully saturated rings. The molecule has 0 saturated heterocycles. The lowest BCUT2D eigenvalue weighted by molar-refractivity contribution is -0.116. The van der Waals surface area contributed by atoms with E-state index in [0.717, 1.165) is 32.6 Å². The number of amides is 1. The molecular formula is C24H24FN3OS2. The molecule has 0 saturated carbocycles. The van der Waals surface area contributed by atoms with Crippen molar-refractivity contribution in [2.45, 2.75) is 38.6 Å². The summed E-state index contributed by atoms with van der Waals surface area (Å²) in [5, 5.41) is 11.1. The first-order valence-corrected chi connectivity index (χ1v) is 11.8. The maximum atomic E-state index is 13.3. The highest BCUT2D eigenvalue weighted by Gasteiger charge is 2.22. The SMILES string of the molecule is Cc1nc(CC(C)C)sc1N(Cc1cccc(C#N)c1)C(=O)CSc1ccc(F)cc1. The van der Waals surface area contributed by atoms with E-state index in [4.69, 9.17) is 0 Å². The number of nitriles is 1. The van der Waals surface area contributed by atoms with Crippen LogP contribution in [0.5, 0.6) is 0 Å². The summed E-state index contributed by atoms with van der Waals surface area (Å²) in [5.74, 6) is 0.344. The summed E-state index contributed by atoms with van der Waals surface area (Å²) >= 11 is 2.92. The first-order chi connectivity index (χ1) is 14.9. The molecule has 1 amide bonds. The van der Waals surface area contributed by atoms with Crippen LogP contribution in [0.1, 0.15) is 35.7 Å². The van der Waals surface area contributed by atoms with Gasteiger partial charge >= 0.3 is 0 Å². The normalized spacial score (nSPS) is 10.8. The highest BCUT2D eigenvalue weighted by Crippen LogP contribution is 2.32. The molecule has 0 aliphatic heterocycles. The Labute approximate surface area is 190 Å². The Kier molecular flexibility index (Phi) is 7.83. The number of aryl methyl sites for hydroxylation is 1. The number of rotatable bonds is 8. The fourth-order valence-electron chi connectivity index (χ4n) is 3.08. The molecule has 31 heavy (non-hydrogen) atoms. The minimum Gasteiger partial charge on any atom is -0.297 e. The van der Waals surface area contributed by atoms with Gasteiger partial charge in [-0.25, -0.2) is 9.37 Å². The molecule has 0 radical (unpaired) electrons. The number of nitrogens with zero attached hydrogens (tertiary/aromatic N) is 3. The van der Waals surface area contributed by atoms with Crippen LogP contribution in [-0.2, 0) is 17.8 Å². The quantitative estimate of drug-likeness (QED) is 0.393. The number of benzene rings is 2. The molecular weight excluding hydrogens is 429 g/mol. The Morgan fingerprint density at radius 1 is 1.26 bits per heavy atom. The molecule has 1 aromatic heterocycles. The summed E-state index contributed by atoms with van der Waals surface area (Å²) in [6.45, 7) is 6.58. The molecule has 0 bridgehead atoms. The van der Waals surface area contributed by atoms with Crippen LogP contribution in [0.2, 0.25) is 0 Å². The third-order valence-electron chi connectivity index (χ3n) is 4.52. The molecule has 3 rings (SSSR count). The van der Waals surface area contributed by atoms with Crippen molar-refractivity contribution in [2.75, 3.05) is 10.7 Å². The zero-order chi connectivity index (χ0) is 22.4. The molecule has 4 nitrogen and oxygen atoms in total. The second-order valence-electron chi connectivity index (χ2n) is 7.63. The van der Waals surface area contributed by atoms with Crippen molar-refractivity contribution in [1.29, 1.82) is 5.26 Å². The van der Waals surface area contributed by atoms with Gasteiger partial charge in [-0.05, 0) is 54.8 Å². The van der Waals surface area contributed by atoms with E-state index in [2.05, 4.69) is 24.9 Å². The summed E-state index contributed by atoms with van der Waals surface area (Å²) in [5.41, 5.74) is 2.28. The summed E-state index contributed by atoms with van der Waals surface area (Å²) < 4.78 is 13.2. The van der Waals surface area contributed by atoms with E-state index in [-0.39, 0.29) is 17.5 Å². The van der Waals surface area contributed by atoms with E-state index < -0.39 is 0 Å². The molecule has 0 aliphatic rings. The molecule has 0 unspecified atom stereocenters. The van der Waals surface area contributed by atoms with Crippen molar-refractivity contribution < 1.29 is 9.18 Å². The third-order valence-corrected chi connectivity index (χ3v) is 6.72. The van der Waals surface area contributed by atoms with Gasteiger partial charge in [0, 0.05) is 11.3 Å². The fourth-order valence-corrected chi connectivity index (χ4v) is 5.15. The van der Waals surface area contributed by atoms with Crippen molar-refractivity contribution in [3.63, 3.8) is 0 Å². The molecule has 2 aromatic carbocycles. The monoisotopic (exact) mass is 453 g/mol. The standard InChI is InChI=1S/C24H24FN3OS2/c1-16(2)11-22-27-17(3)24(31-22)28(14-19-6-4-5-18(12-19)13-26)23(29)15-30-21-9-7-20(25)8-10-21/h4-10,12,16H,11,14-15H2,1-3H3. The lowest BCUT2D eigenvalue weighted by Crippen LogP contribution is -2.31. The topological polar surface area (TPSA) is 57.0 Å². The number of carbonyl (C=O) groups is 1. The van der Waals surface area contributed by atoms with Crippen LogP contribution in [0.15, 0.2) is 53.4 Å². The van der Waals surface area contributed by atoms with Crippen LogP contribution in [0, 0.1) is 30.0 Å². The summed E-state index contributed by atoms with van der Waals surface area (Å²) in [6.07, 6.45) is 0.863. The van der Waals surface area contributed by atoms with Gasteiger partial charge in [-0.1, -0.05) is 26.0 Å². The fraction of sp³-hybridized carbons (Fsp3) is 0.292. The van der Waals surface area contributed by atoms with Gasteiger partial charge in [0.05, 0.1) is 34.6 Å². The summed E-state index contributed by atoms with van der Waals surface area (Å²) in [7, 11) is 0. The average Bonchev–Trinajstić information content (AvgIpc) is 3.10. The van der Waals surface area contributed by atoms with Crippen molar-refractivity contribution in [1.82, 2.24) is 4.98 Å². The van der Waals surface area contributed by atoms with Crippen molar-refractivity contribution in [2.24, 2.45) is 5.92 Å². The number of thioether (sulfide) groups is 1. The molecule has 0 atom stereocenters. The minimum absolute atomic E-state index is 0.0560. The summed E-state index contributed by atoms with van der Waals surface area (Å²) in [4.78, 5) is 20.5. The number of aromatic nitrogens is 1. The number of anilines is 1. The molecule has 1 heterocycles. The predicted molar refractivity (Wildman–Crippen MR) is 125 cm³/mol. The van der Waals surface area contributed by atoms with Gasteiger partial charge in [0.1, 0.15) is 10.8 Å². The molecule has 0 aliphatic carbocycles. The second kappa shape index (κ2) is 10.6. The number of hydrogen-bond donors (Lipinski definition) is 0. The van der Waals surface area contributed by atoms with Crippen molar-refractivity contribution in [3.8, 4) is 6.07 Å². The number of carbonyl (C=O) groups excluding carboxylic acids is 1. The Hall–Kier alpha value is -2.69. The van der Waals surface area contributed by atoms with Crippen LogP contribution in [-0.4, -0.2) is 16.6 Å². The highest BCUT2D eigenvalue weighted by atomic mass is 32.2. The van der Waals surface area contributed by atoms with Crippen LogP contribution in [0.25, 0.3) is 0 Å². The minimum atomic E-state index is -0.298. The van der Waals surface area contributed by atoms with Gasteiger partial charge in [0.2, 0.25) is 5.91 Å². The second-order valence-corrected chi connectivity index (χ2v) is 9.74. The van der Waals surface area contributed by atoms with Gasteiger partial charge in [-0.3, -0.25) is 9.69 Å². The van der Waals surface area contributed by atoms with E-state index in [1.807, 2.05) is 19.1 Å². The van der Waals surface area contributed by atoms with Crippen molar-refractivity contribution >= 4 is 34.0 Å². The zero-order valence-corrected chi connectivity index (χ0v) is 19.4. The smallest absolute Gasteiger partial charge is 0.238 e. The third kappa shape index (κ3) is 6.39. The van der Waals surface area contributed by atoms with E-state index in [9.17, 15) is 14.4 Å². The molecule has 160 valence electrons. The van der Waals surface area contributed by atoms with Gasteiger partial charge in [-0.2, -0.15) is 5.26 Å². The largest absolute Gasteiger partial charge is 0.297 e. The van der Waals surface area contributed by atoms with Gasteiger partial charge in [-0.15, -0.1) is 23.1 Å². The van der Waals surface area contributed by atoms with Crippen molar-refractivity contribution in [3.05, 3.63) is 76.2 Å². The van der Waals surface area contributed by atoms with Gasteiger partial charge in [0.25, 0.3) is 0 Å². The number of hydrogen-bond acceptors (Lipinski definition) is 5. The number of thiazole rings is 1. The highest BCUT2D eigenvalue weighted by molar-refractivity contribution is 8.00. The van der Waals surface area contributed by atoms with Crippen LogP contribution in [0.4, 0.5) is 9.39 Å². The van der Waals surface area contributed by atoms with E-state index in [0.29, 0.717) is 18.0 Å². The van der Waals surface area contributed by atoms with Gasteiger partial charge in [0.15, 0.2) is 0 Å². The summed E-state index contributed by atoms with van der Waals surface area (Å²) in [6, 6.07) is 15.6. The van der Waals surface area contributed by atoms with E-state index >= 15 is 0 Å².